The molecule has 0 aliphatic rings. The number of esters is 1. The summed E-state index contributed by atoms with van der Waals surface area (Å²) in [7, 11) is 0. The number of nitro benzene ring substituents is 1. The van der Waals surface area contributed by atoms with E-state index in [1.807, 2.05) is 6.92 Å². The Morgan fingerprint density at radius 1 is 0.967 bits per heavy atom. The van der Waals surface area contributed by atoms with Crippen molar-refractivity contribution in [2.75, 3.05) is 19.7 Å². The van der Waals surface area contributed by atoms with Crippen LogP contribution in [0.15, 0.2) is 48.5 Å². The molecule has 10 heteroatoms. The maximum Gasteiger partial charge on any atom is 0.325 e. The lowest BCUT2D eigenvalue weighted by Gasteiger charge is -2.08. The number of benzene rings is 2. The van der Waals surface area contributed by atoms with Crippen LogP contribution in [-0.4, -0.2) is 48.2 Å². The van der Waals surface area contributed by atoms with Crippen molar-refractivity contribution in [3.8, 4) is 0 Å². The average Bonchev–Trinajstić information content (AvgIpc) is 2.74. The van der Waals surface area contributed by atoms with Crippen LogP contribution >= 0.6 is 0 Å². The Kier molecular flexibility index (Phi) is 7.74. The van der Waals surface area contributed by atoms with E-state index >= 15 is 0 Å². The summed E-state index contributed by atoms with van der Waals surface area (Å²) in [5.74, 6) is -2.54. The van der Waals surface area contributed by atoms with E-state index in [-0.39, 0.29) is 17.8 Å². The molecule has 2 N–H and O–H groups in total. The van der Waals surface area contributed by atoms with Crippen LogP contribution < -0.4 is 10.6 Å². The SMILES string of the molecule is Cc1ccc(C(=O)NCC(=O)NCC(=O)OCC(=O)c2cccc([N+](=O)[O-])c2)cc1. The van der Waals surface area contributed by atoms with Crippen LogP contribution in [0, 0.1) is 17.0 Å². The summed E-state index contributed by atoms with van der Waals surface area (Å²) in [5, 5.41) is 15.4. The van der Waals surface area contributed by atoms with Gasteiger partial charge in [-0.05, 0) is 19.1 Å². The summed E-state index contributed by atoms with van der Waals surface area (Å²) in [6.07, 6.45) is 0. The molecule has 0 heterocycles. The van der Waals surface area contributed by atoms with E-state index in [1.165, 1.54) is 18.2 Å². The molecule has 0 aliphatic carbocycles. The molecular formula is C20H19N3O7. The summed E-state index contributed by atoms with van der Waals surface area (Å²) < 4.78 is 4.75. The quantitative estimate of drug-likeness (QED) is 0.272. The molecule has 0 bridgehead atoms. The largest absolute Gasteiger partial charge is 0.456 e. The highest BCUT2D eigenvalue weighted by Crippen LogP contribution is 2.13. The second-order valence-corrected chi connectivity index (χ2v) is 6.22. The molecule has 0 fully saturated rings. The number of nitrogens with one attached hydrogen (secondary N) is 2. The number of ether oxygens (including phenoxy) is 1. The highest BCUT2D eigenvalue weighted by Gasteiger charge is 2.14. The summed E-state index contributed by atoms with van der Waals surface area (Å²) >= 11 is 0. The number of ketones is 1. The van der Waals surface area contributed by atoms with E-state index in [2.05, 4.69) is 10.6 Å². The zero-order chi connectivity index (χ0) is 22.1. The molecule has 0 saturated carbocycles. The lowest BCUT2D eigenvalue weighted by atomic mass is 10.1. The van der Waals surface area contributed by atoms with Gasteiger partial charge in [0.05, 0.1) is 11.5 Å². The molecule has 0 saturated heterocycles. The fraction of sp³-hybridized carbons (Fsp3) is 0.200. The molecule has 30 heavy (non-hydrogen) atoms. The number of nitrogens with zero attached hydrogens (tertiary/aromatic N) is 1. The van der Waals surface area contributed by atoms with Gasteiger partial charge in [0.1, 0.15) is 6.54 Å². The van der Waals surface area contributed by atoms with E-state index < -0.39 is 41.6 Å². The smallest absolute Gasteiger partial charge is 0.325 e. The minimum atomic E-state index is -0.869. The van der Waals surface area contributed by atoms with Gasteiger partial charge in [0.25, 0.3) is 11.6 Å². The minimum absolute atomic E-state index is 0.0276. The number of hydrogen-bond donors (Lipinski definition) is 2. The normalized spacial score (nSPS) is 10.0. The van der Waals surface area contributed by atoms with Gasteiger partial charge < -0.3 is 15.4 Å². The van der Waals surface area contributed by atoms with Crippen LogP contribution in [0.1, 0.15) is 26.3 Å². The second-order valence-electron chi connectivity index (χ2n) is 6.22. The average molecular weight is 413 g/mol. The lowest BCUT2D eigenvalue weighted by Crippen LogP contribution is -2.39. The van der Waals surface area contributed by atoms with Crippen molar-refractivity contribution in [2.45, 2.75) is 6.92 Å². The monoisotopic (exact) mass is 413 g/mol. The van der Waals surface area contributed by atoms with Gasteiger partial charge in [0.15, 0.2) is 6.61 Å². The standard InChI is InChI=1S/C20H19N3O7/c1-13-5-7-14(8-6-13)20(27)22-10-18(25)21-11-19(26)30-12-17(24)15-3-2-4-16(9-15)23(28)29/h2-9H,10-12H2,1H3,(H,21,25)(H,22,27). The van der Waals surface area contributed by atoms with Crippen molar-refractivity contribution in [2.24, 2.45) is 0 Å². The molecule has 0 radical (unpaired) electrons. The minimum Gasteiger partial charge on any atom is -0.456 e. The van der Waals surface area contributed by atoms with Crippen LogP contribution in [0.4, 0.5) is 5.69 Å². The van der Waals surface area contributed by atoms with Crippen LogP contribution in [-0.2, 0) is 14.3 Å². The maximum atomic E-state index is 12.0. The van der Waals surface area contributed by atoms with Crippen molar-refractivity contribution in [1.82, 2.24) is 10.6 Å². The number of aryl methyl sites for hydroxylation is 1. The number of nitro groups is 1. The van der Waals surface area contributed by atoms with Crippen LogP contribution in [0.5, 0.6) is 0 Å². The molecule has 0 aliphatic heterocycles. The first-order chi connectivity index (χ1) is 14.3. The first kappa shape index (κ1) is 22.2. The van der Waals surface area contributed by atoms with E-state index in [9.17, 15) is 29.3 Å². The molecule has 2 aromatic carbocycles. The molecule has 0 atom stereocenters. The number of rotatable bonds is 9. The fourth-order valence-electron chi connectivity index (χ4n) is 2.27. The molecule has 2 aromatic rings. The van der Waals surface area contributed by atoms with Gasteiger partial charge in [-0.15, -0.1) is 0 Å². The fourth-order valence-corrected chi connectivity index (χ4v) is 2.27. The number of Topliss-reactive ketones (excluding diaryl/α,β-unsaturated/α-hetero) is 1. The van der Waals surface area contributed by atoms with E-state index in [1.54, 1.807) is 24.3 Å². The van der Waals surface area contributed by atoms with Gasteiger partial charge in [-0.1, -0.05) is 29.8 Å². The van der Waals surface area contributed by atoms with Gasteiger partial charge in [-0.2, -0.15) is 0 Å². The van der Waals surface area contributed by atoms with E-state index in [0.717, 1.165) is 11.6 Å². The van der Waals surface area contributed by atoms with Gasteiger partial charge in [-0.3, -0.25) is 29.3 Å². The van der Waals surface area contributed by atoms with Crippen molar-refractivity contribution < 1.29 is 28.8 Å². The predicted octanol–water partition coefficient (Wildman–Crippen LogP) is 1.18. The third-order valence-corrected chi connectivity index (χ3v) is 3.90. The van der Waals surface area contributed by atoms with Crippen molar-refractivity contribution in [1.29, 1.82) is 0 Å². The third-order valence-electron chi connectivity index (χ3n) is 3.90. The molecule has 2 rings (SSSR count). The topological polar surface area (TPSA) is 145 Å². The lowest BCUT2D eigenvalue weighted by molar-refractivity contribution is -0.384. The molecule has 0 spiro atoms. The molecular weight excluding hydrogens is 394 g/mol. The Hall–Kier alpha value is -4.08. The van der Waals surface area contributed by atoms with Gasteiger partial charge in [0.2, 0.25) is 11.7 Å². The highest BCUT2D eigenvalue weighted by molar-refractivity contribution is 5.99. The third kappa shape index (κ3) is 6.82. The summed E-state index contributed by atoms with van der Waals surface area (Å²) in [4.78, 5) is 57.4. The van der Waals surface area contributed by atoms with Crippen molar-refractivity contribution >= 4 is 29.3 Å². The Balaban J connectivity index is 1.71. The van der Waals surface area contributed by atoms with Crippen LogP contribution in [0.3, 0.4) is 0 Å². The number of carbonyl (C=O) groups is 4. The Morgan fingerprint density at radius 3 is 2.33 bits per heavy atom. The van der Waals surface area contributed by atoms with Crippen LogP contribution in [0.2, 0.25) is 0 Å². The molecule has 156 valence electrons. The number of amides is 2. The van der Waals surface area contributed by atoms with Crippen molar-refractivity contribution in [3.63, 3.8) is 0 Å². The number of carbonyl (C=O) groups excluding carboxylic acids is 4. The van der Waals surface area contributed by atoms with Gasteiger partial charge in [-0.25, -0.2) is 0 Å². The van der Waals surface area contributed by atoms with Crippen LogP contribution in [0.25, 0.3) is 0 Å². The van der Waals surface area contributed by atoms with Gasteiger partial charge >= 0.3 is 5.97 Å². The van der Waals surface area contributed by atoms with E-state index in [0.29, 0.717) is 5.56 Å². The Morgan fingerprint density at radius 2 is 1.67 bits per heavy atom. The van der Waals surface area contributed by atoms with E-state index in [4.69, 9.17) is 4.74 Å². The first-order valence-electron chi connectivity index (χ1n) is 8.81. The Bertz CT molecular complexity index is 971. The Labute approximate surface area is 171 Å². The summed E-state index contributed by atoms with van der Waals surface area (Å²) in [6.45, 7) is 0.416. The van der Waals surface area contributed by atoms with Gasteiger partial charge in [0, 0.05) is 23.3 Å². The zero-order valence-corrected chi connectivity index (χ0v) is 16.0. The molecule has 0 unspecified atom stereocenters. The highest BCUT2D eigenvalue weighted by atomic mass is 16.6. The predicted molar refractivity (Wildman–Crippen MR) is 105 cm³/mol. The second kappa shape index (κ2) is 10.5. The summed E-state index contributed by atoms with van der Waals surface area (Å²) in [5.41, 5.74) is 1.16. The zero-order valence-electron chi connectivity index (χ0n) is 16.0. The molecule has 2 amide bonds. The maximum absolute atomic E-state index is 12.0. The summed E-state index contributed by atoms with van der Waals surface area (Å²) in [6, 6.07) is 11.8. The number of non-ortho nitro benzene ring substituents is 1. The van der Waals surface area contributed by atoms with Crippen molar-refractivity contribution in [3.05, 3.63) is 75.3 Å². The molecule has 10 nitrogen and oxygen atoms in total. The number of hydrogen-bond acceptors (Lipinski definition) is 7. The molecule has 0 aromatic heterocycles. The first-order valence-corrected chi connectivity index (χ1v) is 8.81.